The lowest BCUT2D eigenvalue weighted by Crippen LogP contribution is -2.02. The van der Waals surface area contributed by atoms with E-state index >= 15 is 0 Å². The van der Waals surface area contributed by atoms with Crippen molar-refractivity contribution in [2.45, 2.75) is 50.4 Å². The van der Waals surface area contributed by atoms with Crippen molar-refractivity contribution in [1.82, 2.24) is 0 Å². The molecule has 0 nitrogen and oxygen atoms in total. The van der Waals surface area contributed by atoms with Gasteiger partial charge in [0.15, 0.2) is 0 Å². The first-order valence-electron chi connectivity index (χ1n) is 6.38. The van der Waals surface area contributed by atoms with Crippen LogP contribution in [0.3, 0.4) is 0 Å². The topological polar surface area (TPSA) is 0 Å². The molecule has 0 aromatic heterocycles. The third kappa shape index (κ3) is 4.37. The summed E-state index contributed by atoms with van der Waals surface area (Å²) in [4.78, 5) is 0. The number of aryl methyl sites for hydroxylation is 2. The predicted octanol–water partition coefficient (Wildman–Crippen LogP) is 5.81. The number of benzene rings is 1. The molecule has 0 heterocycles. The zero-order chi connectivity index (χ0) is 12.8. The fraction of sp³-hybridized carbons (Fsp3) is 0.600. The second kappa shape index (κ2) is 7.97. The number of unbranched alkanes of at least 4 members (excludes halogenated alkanes) is 1. The fourth-order valence-corrected chi connectivity index (χ4v) is 3.68. The Kier molecular flexibility index (Phi) is 7.38. The van der Waals surface area contributed by atoms with Gasteiger partial charge in [0, 0.05) is 8.86 Å². The highest BCUT2D eigenvalue weighted by Crippen LogP contribution is 2.27. The molecule has 1 aromatic carbocycles. The molecule has 96 valence electrons. The van der Waals surface area contributed by atoms with Gasteiger partial charge in [-0.3, -0.25) is 0 Å². The molecule has 0 aliphatic rings. The first-order chi connectivity index (χ1) is 8.13. The molecule has 0 aliphatic heterocycles. The number of rotatable bonds is 6. The molecule has 2 heteroatoms. The van der Waals surface area contributed by atoms with Crippen LogP contribution in [0.1, 0.15) is 54.9 Å². The van der Waals surface area contributed by atoms with Gasteiger partial charge in [0.2, 0.25) is 0 Å². The van der Waals surface area contributed by atoms with Gasteiger partial charge in [-0.1, -0.05) is 77.6 Å². The summed E-state index contributed by atoms with van der Waals surface area (Å²) in [5.74, 6) is 0.679. The van der Waals surface area contributed by atoms with Crippen molar-refractivity contribution in [3.05, 3.63) is 34.4 Å². The van der Waals surface area contributed by atoms with Crippen molar-refractivity contribution < 1.29 is 0 Å². The Balaban J connectivity index is 3.09. The van der Waals surface area contributed by atoms with Crippen LogP contribution in [0, 0.1) is 6.92 Å². The Hall–Kier alpha value is 0.680. The maximum Gasteiger partial charge on any atom is 0.0252 e. The molecule has 1 unspecified atom stereocenters. The summed E-state index contributed by atoms with van der Waals surface area (Å²) in [5, 5.41) is 0. The summed E-state index contributed by atoms with van der Waals surface area (Å²) in [5.41, 5.74) is 6.17. The fourth-order valence-electron chi connectivity index (χ4n) is 2.08. The number of alkyl halides is 2. The van der Waals surface area contributed by atoms with Crippen LogP contribution in [0.5, 0.6) is 0 Å². The molecule has 1 rings (SSSR count). The lowest BCUT2D eigenvalue weighted by atomic mass is 9.92. The van der Waals surface area contributed by atoms with E-state index in [1.54, 1.807) is 11.1 Å². The van der Waals surface area contributed by atoms with Gasteiger partial charge in [-0.15, -0.1) is 0 Å². The normalized spacial score (nSPS) is 12.8. The minimum absolute atomic E-state index is 0.679. The van der Waals surface area contributed by atoms with Gasteiger partial charge >= 0.3 is 0 Å². The van der Waals surface area contributed by atoms with E-state index < -0.39 is 0 Å². The summed E-state index contributed by atoms with van der Waals surface area (Å²) in [6, 6.07) is 4.85. The first kappa shape index (κ1) is 15.7. The quantitative estimate of drug-likeness (QED) is 0.375. The number of hydrogen-bond acceptors (Lipinski definition) is 0. The molecule has 1 aromatic rings. The van der Waals surface area contributed by atoms with Gasteiger partial charge in [-0.05, 0) is 47.9 Å². The molecule has 0 saturated heterocycles. The van der Waals surface area contributed by atoms with Crippen molar-refractivity contribution in [2.75, 3.05) is 4.43 Å². The Morgan fingerprint density at radius 2 is 1.94 bits per heavy atom. The summed E-state index contributed by atoms with van der Waals surface area (Å²) in [6.45, 7) is 6.87. The molecule has 0 bridgehead atoms. The van der Waals surface area contributed by atoms with E-state index in [-0.39, 0.29) is 0 Å². The van der Waals surface area contributed by atoms with Crippen LogP contribution in [-0.2, 0) is 10.8 Å². The highest BCUT2D eigenvalue weighted by molar-refractivity contribution is 14.1. The van der Waals surface area contributed by atoms with Gasteiger partial charge in [-0.25, -0.2) is 0 Å². The van der Waals surface area contributed by atoms with E-state index in [2.05, 4.69) is 78.1 Å². The first-order valence-corrected chi connectivity index (χ1v) is 9.43. The molecule has 0 N–H and O–H groups in total. The highest BCUT2D eigenvalue weighted by atomic mass is 127. The molecule has 0 saturated carbocycles. The molecule has 1 atom stereocenters. The zero-order valence-corrected chi connectivity index (χ0v) is 15.3. The van der Waals surface area contributed by atoms with Crippen LogP contribution >= 0.6 is 45.2 Å². The Labute approximate surface area is 133 Å². The predicted molar refractivity (Wildman–Crippen MR) is 94.8 cm³/mol. The summed E-state index contributed by atoms with van der Waals surface area (Å²) < 4.78 is 2.34. The van der Waals surface area contributed by atoms with Gasteiger partial charge < -0.3 is 0 Å². The third-order valence-corrected chi connectivity index (χ3v) is 5.41. The van der Waals surface area contributed by atoms with Gasteiger partial charge in [0.25, 0.3) is 0 Å². The molecular formula is C15H22I2. The average molecular weight is 456 g/mol. The van der Waals surface area contributed by atoms with Gasteiger partial charge in [-0.2, -0.15) is 0 Å². The van der Waals surface area contributed by atoms with E-state index in [9.17, 15) is 0 Å². The van der Waals surface area contributed by atoms with E-state index in [0.717, 1.165) is 4.43 Å². The average Bonchev–Trinajstić information content (AvgIpc) is 2.34. The van der Waals surface area contributed by atoms with E-state index in [0.29, 0.717) is 5.92 Å². The van der Waals surface area contributed by atoms with Crippen LogP contribution in [0.25, 0.3) is 0 Å². The van der Waals surface area contributed by atoms with Crippen LogP contribution in [0.2, 0.25) is 0 Å². The van der Waals surface area contributed by atoms with Crippen molar-refractivity contribution in [3.8, 4) is 0 Å². The van der Waals surface area contributed by atoms with E-state index in [1.807, 2.05) is 0 Å². The lowest BCUT2D eigenvalue weighted by Gasteiger charge is -2.16. The Bertz CT molecular complexity index is 358. The second-order valence-corrected chi connectivity index (χ2v) is 6.41. The monoisotopic (exact) mass is 456 g/mol. The van der Waals surface area contributed by atoms with Gasteiger partial charge in [0.1, 0.15) is 0 Å². The molecule has 0 radical (unpaired) electrons. The molecule has 0 fully saturated rings. The largest absolute Gasteiger partial charge is 0.0857 e. The minimum atomic E-state index is 0.679. The Morgan fingerprint density at radius 1 is 1.24 bits per heavy atom. The van der Waals surface area contributed by atoms with Crippen LogP contribution in [0.4, 0.5) is 0 Å². The lowest BCUT2D eigenvalue weighted by molar-refractivity contribution is 0.785. The van der Waals surface area contributed by atoms with Crippen LogP contribution in [-0.4, -0.2) is 4.43 Å². The molecule has 0 spiro atoms. The Morgan fingerprint density at radius 3 is 2.47 bits per heavy atom. The van der Waals surface area contributed by atoms with Crippen molar-refractivity contribution in [1.29, 1.82) is 0 Å². The second-order valence-electron chi connectivity index (χ2n) is 4.77. The minimum Gasteiger partial charge on any atom is -0.0857 e. The van der Waals surface area contributed by atoms with Crippen LogP contribution in [0.15, 0.2) is 12.1 Å². The molecule has 0 amide bonds. The summed E-state index contributed by atoms with van der Waals surface area (Å²) in [7, 11) is 0. The molecular weight excluding hydrogens is 434 g/mol. The highest BCUT2D eigenvalue weighted by Gasteiger charge is 2.10. The van der Waals surface area contributed by atoms with E-state index in [4.69, 9.17) is 0 Å². The summed E-state index contributed by atoms with van der Waals surface area (Å²) >= 11 is 4.98. The van der Waals surface area contributed by atoms with E-state index in [1.165, 1.54) is 34.8 Å². The third-order valence-electron chi connectivity index (χ3n) is 3.32. The SMILES string of the molecule is CCCCc1cc(C(C)CI)cc(C)c1CI. The zero-order valence-electron chi connectivity index (χ0n) is 11.0. The molecule has 0 aliphatic carbocycles. The number of hydrogen-bond donors (Lipinski definition) is 0. The maximum atomic E-state index is 2.49. The summed E-state index contributed by atoms with van der Waals surface area (Å²) in [6.07, 6.45) is 3.84. The van der Waals surface area contributed by atoms with Crippen LogP contribution < -0.4 is 0 Å². The molecule has 17 heavy (non-hydrogen) atoms. The van der Waals surface area contributed by atoms with Crippen molar-refractivity contribution in [2.24, 2.45) is 0 Å². The standard InChI is InChI=1S/C15H22I2/c1-4-5-6-13-8-14(12(3)9-16)7-11(2)15(13)10-17/h7-8,12H,4-6,9-10H2,1-3H3. The smallest absolute Gasteiger partial charge is 0.0252 e. The van der Waals surface area contributed by atoms with Crippen molar-refractivity contribution in [3.63, 3.8) is 0 Å². The van der Waals surface area contributed by atoms with Gasteiger partial charge in [0.05, 0.1) is 0 Å². The van der Waals surface area contributed by atoms with Crippen molar-refractivity contribution >= 4 is 45.2 Å². The maximum absolute atomic E-state index is 2.49. The number of halogens is 2.